The molecule has 1 atom stereocenters. The number of aromatic nitrogens is 2. The van der Waals surface area contributed by atoms with E-state index in [2.05, 4.69) is 20.6 Å². The zero-order valence-electron chi connectivity index (χ0n) is 13.0. The Bertz CT molecular complexity index is 786. The van der Waals surface area contributed by atoms with E-state index >= 15 is 0 Å². The van der Waals surface area contributed by atoms with Gasteiger partial charge in [-0.3, -0.25) is 14.6 Å². The lowest BCUT2D eigenvalue weighted by Crippen LogP contribution is -2.39. The van der Waals surface area contributed by atoms with E-state index in [4.69, 9.17) is 10.2 Å². The molecule has 1 aromatic carbocycles. The second-order valence-corrected chi connectivity index (χ2v) is 5.25. The van der Waals surface area contributed by atoms with Crippen molar-refractivity contribution >= 4 is 23.2 Å². The summed E-state index contributed by atoms with van der Waals surface area (Å²) in [6.45, 7) is 1.75. The maximum atomic E-state index is 12.3. The highest BCUT2D eigenvalue weighted by Crippen LogP contribution is 2.24. The minimum Gasteiger partial charge on any atom is -0.424 e. The number of para-hydroxylation sites is 1. The van der Waals surface area contributed by atoms with E-state index in [9.17, 15) is 9.59 Å². The van der Waals surface area contributed by atoms with Crippen molar-refractivity contribution in [3.63, 3.8) is 0 Å². The second-order valence-electron chi connectivity index (χ2n) is 5.25. The van der Waals surface area contributed by atoms with Crippen LogP contribution in [0, 0.1) is 6.92 Å². The molecule has 1 unspecified atom stereocenters. The van der Waals surface area contributed by atoms with Gasteiger partial charge >= 0.3 is 0 Å². The lowest BCUT2D eigenvalue weighted by Gasteiger charge is -2.20. The molecule has 1 aromatic heterocycles. The van der Waals surface area contributed by atoms with Crippen LogP contribution in [0.4, 0.5) is 5.69 Å². The van der Waals surface area contributed by atoms with E-state index in [1.165, 1.54) is 5.01 Å². The highest BCUT2D eigenvalue weighted by Gasteiger charge is 2.34. The third-order valence-electron chi connectivity index (χ3n) is 3.49. The van der Waals surface area contributed by atoms with Gasteiger partial charge in [-0.25, -0.2) is 0 Å². The summed E-state index contributed by atoms with van der Waals surface area (Å²) in [5.74, 6) is -0.235. The molecule has 0 bridgehead atoms. The number of anilines is 1. The van der Waals surface area contributed by atoms with Crippen LogP contribution in [-0.4, -0.2) is 33.8 Å². The highest BCUT2D eigenvalue weighted by atomic mass is 16.4. The van der Waals surface area contributed by atoms with Gasteiger partial charge in [0, 0.05) is 13.3 Å². The normalized spacial score (nSPS) is 16.8. The molecule has 1 aliphatic heterocycles. The molecule has 9 heteroatoms. The Balaban J connectivity index is 1.72. The van der Waals surface area contributed by atoms with Crippen LogP contribution in [0.2, 0.25) is 0 Å². The van der Waals surface area contributed by atoms with Crippen LogP contribution in [0.5, 0.6) is 0 Å². The van der Waals surface area contributed by atoms with Gasteiger partial charge < -0.3 is 15.5 Å². The molecule has 0 fully saturated rings. The van der Waals surface area contributed by atoms with E-state index in [0.29, 0.717) is 17.5 Å². The standard InChI is InChI=1S/C15H16N6O3/c1-9-18-19-13(24-9)8-17-15(23)11-7-12(14(16)22)21(20-11)10-5-3-2-4-6-10/h2-6,12H,7-8H2,1H3,(H2,16,22)(H,17,23). The third kappa shape index (κ3) is 3.24. The number of benzene rings is 1. The molecule has 2 aromatic rings. The molecule has 1 aliphatic rings. The van der Waals surface area contributed by atoms with Gasteiger partial charge in [0.2, 0.25) is 17.7 Å². The molecule has 24 heavy (non-hydrogen) atoms. The predicted octanol–water partition coefficient (Wildman–Crippen LogP) is 0.114. The molecule has 0 radical (unpaired) electrons. The maximum Gasteiger partial charge on any atom is 0.268 e. The van der Waals surface area contributed by atoms with Crippen LogP contribution < -0.4 is 16.1 Å². The first kappa shape index (κ1) is 15.7. The van der Waals surface area contributed by atoms with Crippen molar-refractivity contribution in [1.29, 1.82) is 0 Å². The Hall–Kier alpha value is -3.23. The number of nitrogens with zero attached hydrogens (tertiary/aromatic N) is 4. The summed E-state index contributed by atoms with van der Waals surface area (Å²) in [6, 6.07) is 8.38. The van der Waals surface area contributed by atoms with E-state index in [0.717, 1.165) is 0 Å². The smallest absolute Gasteiger partial charge is 0.268 e. The minimum absolute atomic E-state index is 0.0886. The van der Waals surface area contributed by atoms with E-state index in [1.54, 1.807) is 19.1 Å². The lowest BCUT2D eigenvalue weighted by atomic mass is 10.1. The van der Waals surface area contributed by atoms with Crippen molar-refractivity contribution in [2.75, 3.05) is 5.01 Å². The number of primary amides is 1. The van der Waals surface area contributed by atoms with E-state index < -0.39 is 17.9 Å². The third-order valence-corrected chi connectivity index (χ3v) is 3.49. The first-order chi connectivity index (χ1) is 11.5. The van der Waals surface area contributed by atoms with Crippen LogP contribution in [0.3, 0.4) is 0 Å². The van der Waals surface area contributed by atoms with Crippen molar-refractivity contribution in [3.05, 3.63) is 42.1 Å². The quantitative estimate of drug-likeness (QED) is 0.802. The van der Waals surface area contributed by atoms with E-state index in [-0.39, 0.29) is 18.7 Å². The SMILES string of the molecule is Cc1nnc(CNC(=O)C2=NN(c3ccccc3)C(C(N)=O)C2)o1. The minimum atomic E-state index is -0.696. The molecule has 0 saturated heterocycles. The molecule has 2 amide bonds. The van der Waals surface area contributed by atoms with Crippen molar-refractivity contribution in [3.8, 4) is 0 Å². The number of carbonyl (C=O) groups excluding carboxylic acids is 2. The first-order valence-corrected chi connectivity index (χ1v) is 7.33. The molecule has 124 valence electrons. The fourth-order valence-corrected chi connectivity index (χ4v) is 2.35. The molecule has 2 heterocycles. The molecule has 9 nitrogen and oxygen atoms in total. The van der Waals surface area contributed by atoms with Crippen LogP contribution in [0.25, 0.3) is 0 Å². The Morgan fingerprint density at radius 3 is 2.71 bits per heavy atom. The zero-order valence-corrected chi connectivity index (χ0v) is 13.0. The van der Waals surface area contributed by atoms with Crippen molar-refractivity contribution in [1.82, 2.24) is 15.5 Å². The average Bonchev–Trinajstić information content (AvgIpc) is 3.20. The molecular formula is C15H16N6O3. The number of hydrogen-bond donors (Lipinski definition) is 2. The largest absolute Gasteiger partial charge is 0.424 e. The van der Waals surface area contributed by atoms with Gasteiger partial charge in [0.05, 0.1) is 12.2 Å². The first-order valence-electron chi connectivity index (χ1n) is 7.33. The van der Waals surface area contributed by atoms with Gasteiger partial charge in [-0.05, 0) is 12.1 Å². The number of hydrazone groups is 1. The van der Waals surface area contributed by atoms with Crippen molar-refractivity contribution in [2.45, 2.75) is 25.9 Å². The fourth-order valence-electron chi connectivity index (χ4n) is 2.35. The number of rotatable bonds is 5. The van der Waals surface area contributed by atoms with Gasteiger partial charge in [0.15, 0.2) is 0 Å². The maximum absolute atomic E-state index is 12.3. The summed E-state index contributed by atoms with van der Waals surface area (Å²) in [5.41, 5.74) is 6.35. The Kier molecular flexibility index (Phi) is 4.23. The van der Waals surface area contributed by atoms with Gasteiger partial charge in [0.25, 0.3) is 5.91 Å². The summed E-state index contributed by atoms with van der Waals surface area (Å²) in [4.78, 5) is 23.9. The predicted molar refractivity (Wildman–Crippen MR) is 84.8 cm³/mol. The average molecular weight is 328 g/mol. The van der Waals surface area contributed by atoms with Gasteiger partial charge in [-0.15, -0.1) is 10.2 Å². The number of carbonyl (C=O) groups is 2. The Morgan fingerprint density at radius 2 is 2.08 bits per heavy atom. The van der Waals surface area contributed by atoms with Crippen LogP contribution in [0.15, 0.2) is 39.9 Å². The molecule has 0 spiro atoms. The number of nitrogens with one attached hydrogen (secondary N) is 1. The van der Waals surface area contributed by atoms with Gasteiger partial charge in [-0.1, -0.05) is 18.2 Å². The fraction of sp³-hybridized carbons (Fsp3) is 0.267. The summed E-state index contributed by atoms with van der Waals surface area (Å²) in [6.07, 6.45) is 0.138. The summed E-state index contributed by atoms with van der Waals surface area (Å²) in [7, 11) is 0. The lowest BCUT2D eigenvalue weighted by molar-refractivity contribution is -0.119. The Morgan fingerprint density at radius 1 is 1.33 bits per heavy atom. The number of hydrogen-bond acceptors (Lipinski definition) is 7. The van der Waals surface area contributed by atoms with Crippen molar-refractivity contribution in [2.24, 2.45) is 10.8 Å². The molecule has 3 N–H and O–H groups in total. The summed E-state index contributed by atoms with van der Waals surface area (Å²) in [5, 5.41) is 15.8. The molecule has 3 rings (SSSR count). The molecule has 0 saturated carbocycles. The zero-order chi connectivity index (χ0) is 17.1. The molecular weight excluding hydrogens is 312 g/mol. The van der Waals surface area contributed by atoms with E-state index in [1.807, 2.05) is 18.2 Å². The Labute approximate surface area is 137 Å². The monoisotopic (exact) mass is 328 g/mol. The number of aryl methyl sites for hydroxylation is 1. The van der Waals surface area contributed by atoms with Gasteiger partial charge in [-0.2, -0.15) is 5.10 Å². The van der Waals surface area contributed by atoms with Crippen molar-refractivity contribution < 1.29 is 14.0 Å². The number of nitrogens with two attached hydrogens (primary N) is 1. The van der Waals surface area contributed by atoms with Crippen LogP contribution in [-0.2, 0) is 16.1 Å². The van der Waals surface area contributed by atoms with Crippen LogP contribution >= 0.6 is 0 Å². The second kappa shape index (κ2) is 6.49. The number of amides is 2. The summed E-state index contributed by atoms with van der Waals surface area (Å²) >= 11 is 0. The topological polar surface area (TPSA) is 127 Å². The van der Waals surface area contributed by atoms with Crippen LogP contribution in [0.1, 0.15) is 18.2 Å². The summed E-state index contributed by atoms with van der Waals surface area (Å²) < 4.78 is 5.18. The highest BCUT2D eigenvalue weighted by molar-refractivity contribution is 6.40. The molecule has 0 aliphatic carbocycles. The van der Waals surface area contributed by atoms with Gasteiger partial charge in [0.1, 0.15) is 11.8 Å².